The summed E-state index contributed by atoms with van der Waals surface area (Å²) in [6.45, 7) is 2.36. The number of anilines is 3. The van der Waals surface area contributed by atoms with E-state index < -0.39 is 17.7 Å². The Bertz CT molecular complexity index is 1400. The molecule has 11 nitrogen and oxygen atoms in total. The molecule has 0 bridgehead atoms. The molecule has 0 radical (unpaired) electrons. The van der Waals surface area contributed by atoms with Crippen molar-refractivity contribution in [3.63, 3.8) is 0 Å². The Morgan fingerprint density at radius 1 is 1.06 bits per heavy atom. The maximum Gasteiger partial charge on any atom is 0.259 e. The molecule has 0 unspecified atom stereocenters. The van der Waals surface area contributed by atoms with Gasteiger partial charge in [-0.2, -0.15) is 19.5 Å². The largest absolute Gasteiger partial charge is 0.461 e. The molecular weight excluding hydrogens is 460 g/mol. The van der Waals surface area contributed by atoms with E-state index in [0.717, 1.165) is 6.07 Å². The quantitative estimate of drug-likeness (QED) is 0.463. The number of hydrogen-bond donors (Lipinski definition) is 1. The molecule has 0 saturated carbocycles. The fourth-order valence-corrected chi connectivity index (χ4v) is 4.43. The highest BCUT2D eigenvalue weighted by Crippen LogP contribution is 2.28. The molecule has 35 heavy (non-hydrogen) atoms. The number of amides is 1. The third-order valence-electron chi connectivity index (χ3n) is 6.37. The van der Waals surface area contributed by atoms with E-state index in [4.69, 9.17) is 10.2 Å². The summed E-state index contributed by atoms with van der Waals surface area (Å²) in [4.78, 5) is 31.8. The maximum absolute atomic E-state index is 14.1. The fourth-order valence-electron chi connectivity index (χ4n) is 4.43. The molecule has 0 spiro atoms. The standard InChI is InChI=1S/C22H21F2N9O2/c23-13-3-4-15(14(24)12-13)30-7-9-31(10-8-30)19(34)16-5-6-32(16)21-27-20(25)33-22(28-21)26-18(29-33)17-2-1-11-35-17/h1-4,11-12,16H,5-10H2,(H2,25,26,27,28,29)/t16-/m0/s1. The van der Waals surface area contributed by atoms with E-state index in [9.17, 15) is 13.6 Å². The number of benzene rings is 1. The molecule has 5 heterocycles. The number of nitrogen functional groups attached to an aromatic ring is 1. The van der Waals surface area contributed by atoms with Gasteiger partial charge in [0.25, 0.3) is 5.78 Å². The third-order valence-corrected chi connectivity index (χ3v) is 6.37. The normalized spacial score (nSPS) is 18.2. The number of aromatic nitrogens is 5. The summed E-state index contributed by atoms with van der Waals surface area (Å²) >= 11 is 0. The van der Waals surface area contributed by atoms with Crippen molar-refractivity contribution in [1.29, 1.82) is 0 Å². The molecule has 13 heteroatoms. The van der Waals surface area contributed by atoms with Crippen molar-refractivity contribution in [2.24, 2.45) is 0 Å². The molecule has 6 rings (SSSR count). The first-order chi connectivity index (χ1) is 17.0. The number of rotatable bonds is 4. The van der Waals surface area contributed by atoms with Gasteiger partial charge in [0.05, 0.1) is 12.0 Å². The number of furan rings is 1. The van der Waals surface area contributed by atoms with Crippen molar-refractivity contribution in [3.05, 3.63) is 48.2 Å². The summed E-state index contributed by atoms with van der Waals surface area (Å²) in [5.74, 6) is 0.210. The molecule has 0 aliphatic carbocycles. The van der Waals surface area contributed by atoms with Gasteiger partial charge in [0.2, 0.25) is 23.6 Å². The van der Waals surface area contributed by atoms with Crippen LogP contribution < -0.4 is 15.5 Å². The van der Waals surface area contributed by atoms with E-state index in [-0.39, 0.29) is 17.6 Å². The van der Waals surface area contributed by atoms with Crippen LogP contribution in [0.2, 0.25) is 0 Å². The van der Waals surface area contributed by atoms with Crippen LogP contribution in [0.25, 0.3) is 17.4 Å². The summed E-state index contributed by atoms with van der Waals surface area (Å²) in [6, 6.07) is 6.57. The van der Waals surface area contributed by atoms with Crippen LogP contribution in [0.4, 0.5) is 26.4 Å². The molecule has 2 fully saturated rings. The SMILES string of the molecule is Nc1nc(N2CC[C@H]2C(=O)N2CCN(c3ccc(F)cc3F)CC2)nc2nc(-c3ccco3)nn12. The third kappa shape index (κ3) is 3.68. The van der Waals surface area contributed by atoms with Gasteiger partial charge in [-0.25, -0.2) is 8.78 Å². The van der Waals surface area contributed by atoms with Crippen LogP contribution in [0, 0.1) is 11.6 Å². The Balaban J connectivity index is 1.16. The van der Waals surface area contributed by atoms with Gasteiger partial charge < -0.3 is 24.9 Å². The molecule has 2 aliphatic heterocycles. The van der Waals surface area contributed by atoms with Gasteiger partial charge in [0.1, 0.15) is 17.7 Å². The van der Waals surface area contributed by atoms with Crippen LogP contribution in [0.1, 0.15) is 6.42 Å². The average Bonchev–Trinajstić information content (AvgIpc) is 3.49. The Kier molecular flexibility index (Phi) is 4.97. The maximum atomic E-state index is 14.1. The van der Waals surface area contributed by atoms with Gasteiger partial charge in [-0.1, -0.05) is 0 Å². The van der Waals surface area contributed by atoms with E-state index in [1.165, 1.54) is 22.9 Å². The Hall–Kier alpha value is -4.29. The highest BCUT2D eigenvalue weighted by molar-refractivity contribution is 5.87. The second-order valence-electron chi connectivity index (χ2n) is 8.41. The van der Waals surface area contributed by atoms with E-state index in [2.05, 4.69) is 20.1 Å². The second-order valence-corrected chi connectivity index (χ2v) is 8.41. The number of hydrogen-bond acceptors (Lipinski definition) is 9. The number of carbonyl (C=O) groups is 1. The summed E-state index contributed by atoms with van der Waals surface area (Å²) in [5.41, 5.74) is 6.43. The van der Waals surface area contributed by atoms with E-state index in [1.54, 1.807) is 21.9 Å². The predicted octanol–water partition coefficient (Wildman–Crippen LogP) is 1.57. The number of halogens is 2. The van der Waals surface area contributed by atoms with Crippen molar-refractivity contribution in [1.82, 2.24) is 29.5 Å². The van der Waals surface area contributed by atoms with E-state index >= 15 is 0 Å². The lowest BCUT2D eigenvalue weighted by molar-refractivity contribution is -0.134. The minimum Gasteiger partial charge on any atom is -0.461 e. The number of carbonyl (C=O) groups excluding carboxylic acids is 1. The van der Waals surface area contributed by atoms with Crippen molar-refractivity contribution in [2.75, 3.05) is 48.3 Å². The zero-order valence-corrected chi connectivity index (χ0v) is 18.5. The minimum absolute atomic E-state index is 0.0461. The molecular formula is C22H21F2N9O2. The number of piperazine rings is 1. The number of nitrogens with zero attached hydrogens (tertiary/aromatic N) is 8. The fraction of sp³-hybridized carbons (Fsp3) is 0.318. The molecule has 1 atom stereocenters. The van der Waals surface area contributed by atoms with Crippen molar-refractivity contribution in [3.8, 4) is 11.6 Å². The van der Waals surface area contributed by atoms with Crippen LogP contribution in [0.5, 0.6) is 0 Å². The van der Waals surface area contributed by atoms with Crippen molar-refractivity contribution < 1.29 is 18.0 Å². The topological polar surface area (TPSA) is 122 Å². The molecule has 4 aromatic rings. The summed E-state index contributed by atoms with van der Waals surface area (Å²) in [6.07, 6.45) is 2.18. The van der Waals surface area contributed by atoms with Crippen LogP contribution in [-0.4, -0.2) is 74.1 Å². The van der Waals surface area contributed by atoms with Crippen molar-refractivity contribution >= 4 is 29.3 Å². The van der Waals surface area contributed by atoms with Gasteiger partial charge in [0.15, 0.2) is 5.76 Å². The average molecular weight is 481 g/mol. The van der Waals surface area contributed by atoms with Gasteiger partial charge >= 0.3 is 0 Å². The molecule has 1 aromatic carbocycles. The van der Waals surface area contributed by atoms with Gasteiger partial charge in [-0.05, 0) is 30.7 Å². The van der Waals surface area contributed by atoms with Gasteiger partial charge in [0, 0.05) is 38.8 Å². The number of fused-ring (bicyclic) bond motifs is 1. The number of nitrogens with two attached hydrogens (primary N) is 1. The predicted molar refractivity (Wildman–Crippen MR) is 122 cm³/mol. The Labute approximate surface area is 197 Å². The highest BCUT2D eigenvalue weighted by atomic mass is 19.1. The van der Waals surface area contributed by atoms with Crippen LogP contribution >= 0.6 is 0 Å². The highest BCUT2D eigenvalue weighted by Gasteiger charge is 2.39. The van der Waals surface area contributed by atoms with Crippen LogP contribution in [0.15, 0.2) is 41.0 Å². The lowest BCUT2D eigenvalue weighted by Gasteiger charge is -2.44. The molecule has 1 amide bonds. The molecule has 2 saturated heterocycles. The lowest BCUT2D eigenvalue weighted by atomic mass is 10.0. The first-order valence-electron chi connectivity index (χ1n) is 11.2. The van der Waals surface area contributed by atoms with Crippen LogP contribution in [0.3, 0.4) is 0 Å². The van der Waals surface area contributed by atoms with Crippen LogP contribution in [-0.2, 0) is 4.79 Å². The summed E-state index contributed by atoms with van der Waals surface area (Å²) in [7, 11) is 0. The van der Waals surface area contributed by atoms with Gasteiger partial charge in [-0.15, -0.1) is 5.10 Å². The first-order valence-corrected chi connectivity index (χ1v) is 11.2. The zero-order valence-electron chi connectivity index (χ0n) is 18.5. The van der Waals surface area contributed by atoms with Gasteiger partial charge in [-0.3, -0.25) is 4.79 Å². The monoisotopic (exact) mass is 481 g/mol. The zero-order chi connectivity index (χ0) is 24.1. The van der Waals surface area contributed by atoms with E-state index in [1.807, 2.05) is 4.90 Å². The van der Waals surface area contributed by atoms with E-state index in [0.29, 0.717) is 62.4 Å². The smallest absolute Gasteiger partial charge is 0.259 e. The lowest BCUT2D eigenvalue weighted by Crippen LogP contribution is -2.60. The Morgan fingerprint density at radius 2 is 1.89 bits per heavy atom. The van der Waals surface area contributed by atoms with Crippen molar-refractivity contribution in [2.45, 2.75) is 12.5 Å². The molecule has 2 N–H and O–H groups in total. The molecule has 3 aromatic heterocycles. The molecule has 2 aliphatic rings. The second kappa shape index (κ2) is 8.18. The Morgan fingerprint density at radius 3 is 2.57 bits per heavy atom. The minimum atomic E-state index is -0.616. The molecule has 180 valence electrons. The summed E-state index contributed by atoms with van der Waals surface area (Å²) < 4.78 is 34.0. The first kappa shape index (κ1) is 21.3. The summed E-state index contributed by atoms with van der Waals surface area (Å²) in [5, 5.41) is 4.29.